The summed E-state index contributed by atoms with van der Waals surface area (Å²) in [5.74, 6) is 0.476. The lowest BCUT2D eigenvalue weighted by Crippen LogP contribution is -2.18. The first-order valence-electron chi connectivity index (χ1n) is 6.56. The van der Waals surface area contributed by atoms with Crippen molar-refractivity contribution in [3.8, 4) is 11.5 Å². The molecular formula is C16H14Cl2N2O3. The van der Waals surface area contributed by atoms with Gasteiger partial charge in [-0.15, -0.1) is 0 Å². The molecule has 1 amide bonds. The fourth-order valence-electron chi connectivity index (χ4n) is 1.91. The molecule has 0 aromatic heterocycles. The third-order valence-electron chi connectivity index (χ3n) is 2.96. The second-order valence-corrected chi connectivity index (χ2v) is 5.23. The Balaban J connectivity index is 2.11. The number of hydrogen-bond donors (Lipinski definition) is 1. The van der Waals surface area contributed by atoms with Crippen molar-refractivity contribution in [3.63, 3.8) is 0 Å². The predicted octanol–water partition coefficient (Wildman–Crippen LogP) is 3.77. The number of para-hydroxylation sites is 1. The maximum absolute atomic E-state index is 12.1. The van der Waals surface area contributed by atoms with E-state index in [0.29, 0.717) is 32.7 Å². The molecule has 5 nitrogen and oxygen atoms in total. The number of benzene rings is 2. The monoisotopic (exact) mass is 352 g/mol. The van der Waals surface area contributed by atoms with Crippen molar-refractivity contribution in [2.24, 2.45) is 5.10 Å². The van der Waals surface area contributed by atoms with Gasteiger partial charge in [-0.25, -0.2) is 5.43 Å². The van der Waals surface area contributed by atoms with Gasteiger partial charge in [0.1, 0.15) is 5.75 Å². The molecule has 2 rings (SSSR count). The first-order chi connectivity index (χ1) is 11.1. The highest BCUT2D eigenvalue weighted by Gasteiger charge is 2.10. The van der Waals surface area contributed by atoms with Gasteiger partial charge in [-0.05, 0) is 29.8 Å². The summed E-state index contributed by atoms with van der Waals surface area (Å²) in [5.41, 5.74) is 3.44. The zero-order chi connectivity index (χ0) is 16.8. The lowest BCUT2D eigenvalue weighted by Gasteiger charge is -2.07. The number of methoxy groups -OCH3 is 2. The van der Waals surface area contributed by atoms with Gasteiger partial charge < -0.3 is 9.47 Å². The van der Waals surface area contributed by atoms with Crippen LogP contribution in [0, 0.1) is 0 Å². The number of nitrogens with one attached hydrogen (secondary N) is 1. The van der Waals surface area contributed by atoms with Crippen LogP contribution in [0.3, 0.4) is 0 Å². The third-order valence-corrected chi connectivity index (χ3v) is 3.52. The van der Waals surface area contributed by atoms with Crippen LogP contribution < -0.4 is 14.9 Å². The maximum atomic E-state index is 12.1. The van der Waals surface area contributed by atoms with Crippen LogP contribution in [0.1, 0.15) is 15.9 Å². The van der Waals surface area contributed by atoms with Gasteiger partial charge in [0.2, 0.25) is 0 Å². The summed E-state index contributed by atoms with van der Waals surface area (Å²) in [6.45, 7) is 0. The molecule has 0 atom stereocenters. The van der Waals surface area contributed by atoms with Crippen LogP contribution in [-0.2, 0) is 0 Å². The predicted molar refractivity (Wildman–Crippen MR) is 91.1 cm³/mol. The van der Waals surface area contributed by atoms with E-state index < -0.39 is 0 Å². The molecule has 7 heteroatoms. The number of carbonyl (C=O) groups is 1. The highest BCUT2D eigenvalue weighted by molar-refractivity contribution is 6.37. The summed E-state index contributed by atoms with van der Waals surface area (Å²) in [4.78, 5) is 12.1. The molecule has 1 N–H and O–H groups in total. The normalized spacial score (nSPS) is 10.6. The van der Waals surface area contributed by atoms with Crippen LogP contribution in [0.2, 0.25) is 10.0 Å². The Labute approximate surface area is 143 Å². The first kappa shape index (κ1) is 17.1. The topological polar surface area (TPSA) is 59.9 Å². The molecule has 0 aliphatic carbocycles. The molecule has 0 fully saturated rings. The number of rotatable bonds is 5. The summed E-state index contributed by atoms with van der Waals surface area (Å²) in [5, 5.41) is 4.61. The Kier molecular flexibility index (Phi) is 5.84. The number of ether oxygens (including phenoxy) is 2. The Morgan fingerprint density at radius 3 is 2.39 bits per heavy atom. The van der Waals surface area contributed by atoms with Gasteiger partial charge in [0.25, 0.3) is 5.91 Å². The summed E-state index contributed by atoms with van der Waals surface area (Å²) in [6.07, 6.45) is 1.44. The maximum Gasteiger partial charge on any atom is 0.275 e. The van der Waals surface area contributed by atoms with E-state index in [1.165, 1.54) is 20.4 Å². The van der Waals surface area contributed by atoms with Crippen LogP contribution in [0.15, 0.2) is 41.5 Å². The van der Waals surface area contributed by atoms with E-state index in [1.54, 1.807) is 36.4 Å². The molecular weight excluding hydrogens is 339 g/mol. The van der Waals surface area contributed by atoms with Crippen LogP contribution in [0.5, 0.6) is 11.5 Å². The minimum absolute atomic E-state index is 0.359. The second-order valence-electron chi connectivity index (χ2n) is 4.42. The fourth-order valence-corrected chi connectivity index (χ4v) is 2.57. The molecule has 0 aliphatic heterocycles. The molecule has 23 heavy (non-hydrogen) atoms. The SMILES string of the molecule is COc1ccccc1C(=O)N/N=C/c1cc(Cl)c(OC)c(Cl)c1. The van der Waals surface area contributed by atoms with E-state index in [-0.39, 0.29) is 5.91 Å². The highest BCUT2D eigenvalue weighted by Crippen LogP contribution is 2.33. The van der Waals surface area contributed by atoms with Crippen molar-refractivity contribution in [1.29, 1.82) is 0 Å². The van der Waals surface area contributed by atoms with E-state index in [2.05, 4.69) is 10.5 Å². The van der Waals surface area contributed by atoms with E-state index in [4.69, 9.17) is 32.7 Å². The average molecular weight is 353 g/mol. The van der Waals surface area contributed by atoms with E-state index in [0.717, 1.165) is 0 Å². The van der Waals surface area contributed by atoms with Gasteiger partial charge in [0.15, 0.2) is 5.75 Å². The van der Waals surface area contributed by atoms with E-state index in [9.17, 15) is 4.79 Å². The Morgan fingerprint density at radius 2 is 1.78 bits per heavy atom. The zero-order valence-electron chi connectivity index (χ0n) is 12.5. The van der Waals surface area contributed by atoms with E-state index >= 15 is 0 Å². The molecule has 2 aromatic carbocycles. The van der Waals surface area contributed by atoms with Crippen LogP contribution in [0.25, 0.3) is 0 Å². The van der Waals surface area contributed by atoms with Crippen LogP contribution in [0.4, 0.5) is 0 Å². The highest BCUT2D eigenvalue weighted by atomic mass is 35.5. The summed E-state index contributed by atoms with van der Waals surface area (Å²) in [7, 11) is 2.98. The lowest BCUT2D eigenvalue weighted by molar-refractivity contribution is 0.0952. The van der Waals surface area contributed by atoms with Gasteiger partial charge in [0.05, 0.1) is 36.0 Å². The van der Waals surface area contributed by atoms with Gasteiger partial charge in [0, 0.05) is 0 Å². The molecule has 0 unspecified atom stereocenters. The van der Waals surface area contributed by atoms with E-state index in [1.807, 2.05) is 0 Å². The second kappa shape index (κ2) is 7.85. The average Bonchev–Trinajstić information content (AvgIpc) is 2.54. The Hall–Kier alpha value is -2.24. The molecule has 0 radical (unpaired) electrons. The summed E-state index contributed by atoms with van der Waals surface area (Å²) >= 11 is 12.1. The number of nitrogens with zero attached hydrogens (tertiary/aromatic N) is 1. The molecule has 0 saturated carbocycles. The van der Waals surface area contributed by atoms with Crippen LogP contribution in [-0.4, -0.2) is 26.3 Å². The summed E-state index contributed by atoms with van der Waals surface area (Å²) < 4.78 is 10.2. The van der Waals surface area contributed by atoms with Crippen molar-refractivity contribution in [3.05, 3.63) is 57.6 Å². The standard InChI is InChI=1S/C16H14Cl2N2O3/c1-22-14-6-4-3-5-11(14)16(21)20-19-9-10-7-12(17)15(23-2)13(18)8-10/h3-9H,1-2H3,(H,20,21)/b19-9+. The van der Waals surface area contributed by atoms with Crippen molar-refractivity contribution < 1.29 is 14.3 Å². The summed E-state index contributed by atoms with van der Waals surface area (Å²) in [6, 6.07) is 10.1. The fraction of sp³-hybridized carbons (Fsp3) is 0.125. The molecule has 2 aromatic rings. The minimum Gasteiger partial charge on any atom is -0.496 e. The van der Waals surface area contributed by atoms with Gasteiger partial charge in [-0.2, -0.15) is 5.10 Å². The molecule has 120 valence electrons. The number of halogens is 2. The van der Waals surface area contributed by atoms with Gasteiger partial charge >= 0.3 is 0 Å². The first-order valence-corrected chi connectivity index (χ1v) is 7.32. The quantitative estimate of drug-likeness (QED) is 0.658. The van der Waals surface area contributed by atoms with Crippen molar-refractivity contribution >= 4 is 35.3 Å². The Bertz CT molecular complexity index is 725. The van der Waals surface area contributed by atoms with Crippen molar-refractivity contribution in [2.45, 2.75) is 0 Å². The lowest BCUT2D eigenvalue weighted by atomic mass is 10.2. The smallest absolute Gasteiger partial charge is 0.275 e. The van der Waals surface area contributed by atoms with Crippen molar-refractivity contribution in [2.75, 3.05) is 14.2 Å². The Morgan fingerprint density at radius 1 is 1.13 bits per heavy atom. The minimum atomic E-state index is -0.385. The largest absolute Gasteiger partial charge is 0.496 e. The van der Waals surface area contributed by atoms with Gasteiger partial charge in [-0.1, -0.05) is 35.3 Å². The number of hydrogen-bond acceptors (Lipinski definition) is 4. The molecule has 0 bridgehead atoms. The van der Waals surface area contributed by atoms with Crippen molar-refractivity contribution in [1.82, 2.24) is 5.43 Å². The zero-order valence-corrected chi connectivity index (χ0v) is 14.0. The molecule has 0 saturated heterocycles. The number of carbonyl (C=O) groups excluding carboxylic acids is 1. The molecule has 0 aliphatic rings. The number of hydrazone groups is 1. The van der Waals surface area contributed by atoms with Gasteiger partial charge in [-0.3, -0.25) is 4.79 Å². The molecule has 0 spiro atoms. The molecule has 0 heterocycles. The van der Waals surface area contributed by atoms with Crippen LogP contribution >= 0.6 is 23.2 Å². The third kappa shape index (κ3) is 4.15. The number of amides is 1.